The van der Waals surface area contributed by atoms with E-state index in [9.17, 15) is 9.59 Å². The Morgan fingerprint density at radius 1 is 1.44 bits per heavy atom. The fourth-order valence-corrected chi connectivity index (χ4v) is 1.26. The summed E-state index contributed by atoms with van der Waals surface area (Å²) in [5, 5.41) is 8.37. The maximum Gasteiger partial charge on any atom is 0.319 e. The standard InChI is InChI=1S/C11H13N5O2/c1-8(17)9-3-2-4-10(7-9)15-11(18)13-5-6-14-16-12/h2-4,7H,5-6H2,1H3,(H2,13,15,18). The zero-order valence-corrected chi connectivity index (χ0v) is 9.88. The van der Waals surface area contributed by atoms with Crippen LogP contribution in [-0.4, -0.2) is 24.9 Å². The van der Waals surface area contributed by atoms with Crippen LogP contribution in [-0.2, 0) is 0 Å². The molecule has 1 aromatic carbocycles. The Kier molecular flexibility index (Phi) is 5.21. The maximum absolute atomic E-state index is 11.4. The summed E-state index contributed by atoms with van der Waals surface area (Å²) in [7, 11) is 0. The SMILES string of the molecule is CC(=O)c1cccc(NC(=O)NCCN=[N+]=[N-])c1. The van der Waals surface area contributed by atoms with Crippen LogP contribution in [0.2, 0.25) is 0 Å². The predicted octanol–water partition coefficient (Wildman–Crippen LogP) is 2.32. The van der Waals surface area contributed by atoms with Gasteiger partial charge in [-0.2, -0.15) is 0 Å². The minimum Gasteiger partial charge on any atom is -0.338 e. The van der Waals surface area contributed by atoms with Crippen molar-refractivity contribution in [1.29, 1.82) is 0 Å². The summed E-state index contributed by atoms with van der Waals surface area (Å²) in [6.45, 7) is 1.90. The lowest BCUT2D eigenvalue weighted by atomic mass is 10.1. The molecule has 0 heterocycles. The first-order valence-electron chi connectivity index (χ1n) is 5.30. The van der Waals surface area contributed by atoms with E-state index in [2.05, 4.69) is 20.7 Å². The van der Waals surface area contributed by atoms with Crippen molar-refractivity contribution in [3.05, 3.63) is 40.3 Å². The number of nitrogens with one attached hydrogen (secondary N) is 2. The van der Waals surface area contributed by atoms with Crippen molar-refractivity contribution in [2.24, 2.45) is 5.11 Å². The normalized spacial score (nSPS) is 9.17. The van der Waals surface area contributed by atoms with Gasteiger partial charge in [-0.15, -0.1) is 0 Å². The van der Waals surface area contributed by atoms with E-state index in [1.165, 1.54) is 6.92 Å². The van der Waals surface area contributed by atoms with Crippen LogP contribution < -0.4 is 10.6 Å². The second-order valence-corrected chi connectivity index (χ2v) is 3.47. The molecule has 0 fully saturated rings. The molecule has 0 aromatic heterocycles. The molecule has 0 unspecified atom stereocenters. The van der Waals surface area contributed by atoms with E-state index in [0.29, 0.717) is 11.3 Å². The lowest BCUT2D eigenvalue weighted by molar-refractivity contribution is 0.101. The van der Waals surface area contributed by atoms with Gasteiger partial charge in [0.05, 0.1) is 0 Å². The van der Waals surface area contributed by atoms with E-state index in [1.54, 1.807) is 24.3 Å². The zero-order valence-electron chi connectivity index (χ0n) is 9.88. The molecular weight excluding hydrogens is 234 g/mol. The fourth-order valence-electron chi connectivity index (χ4n) is 1.26. The third kappa shape index (κ3) is 4.54. The summed E-state index contributed by atoms with van der Waals surface area (Å²) in [5.41, 5.74) is 9.11. The van der Waals surface area contributed by atoms with Crippen LogP contribution in [0.5, 0.6) is 0 Å². The third-order valence-corrected chi connectivity index (χ3v) is 2.09. The number of ketones is 1. The van der Waals surface area contributed by atoms with Gasteiger partial charge in [-0.25, -0.2) is 4.79 Å². The molecular formula is C11H13N5O2. The van der Waals surface area contributed by atoms with Crippen LogP contribution in [0.25, 0.3) is 10.4 Å². The maximum atomic E-state index is 11.4. The molecule has 0 radical (unpaired) electrons. The number of azide groups is 1. The lowest BCUT2D eigenvalue weighted by Crippen LogP contribution is -2.30. The number of amides is 2. The van der Waals surface area contributed by atoms with Crippen molar-refractivity contribution in [3.63, 3.8) is 0 Å². The number of carbonyl (C=O) groups excluding carboxylic acids is 2. The van der Waals surface area contributed by atoms with Crippen LogP contribution in [0.3, 0.4) is 0 Å². The van der Waals surface area contributed by atoms with Gasteiger partial charge in [-0.3, -0.25) is 4.79 Å². The van der Waals surface area contributed by atoms with E-state index < -0.39 is 6.03 Å². The molecule has 0 aliphatic rings. The highest BCUT2D eigenvalue weighted by Gasteiger charge is 2.03. The predicted molar refractivity (Wildman–Crippen MR) is 67.5 cm³/mol. The van der Waals surface area contributed by atoms with E-state index in [-0.39, 0.29) is 18.9 Å². The Bertz CT molecular complexity index is 494. The molecule has 1 aromatic rings. The van der Waals surface area contributed by atoms with Gasteiger partial charge in [0.15, 0.2) is 5.78 Å². The molecule has 94 valence electrons. The molecule has 7 nitrogen and oxygen atoms in total. The van der Waals surface area contributed by atoms with Crippen molar-refractivity contribution < 1.29 is 9.59 Å². The van der Waals surface area contributed by atoms with Crippen molar-refractivity contribution in [2.75, 3.05) is 18.4 Å². The summed E-state index contributed by atoms with van der Waals surface area (Å²) in [4.78, 5) is 25.1. The largest absolute Gasteiger partial charge is 0.338 e. The summed E-state index contributed by atoms with van der Waals surface area (Å²) >= 11 is 0. The zero-order chi connectivity index (χ0) is 13.4. The highest BCUT2D eigenvalue weighted by molar-refractivity contribution is 5.96. The van der Waals surface area contributed by atoms with E-state index in [0.717, 1.165) is 0 Å². The van der Waals surface area contributed by atoms with E-state index in [1.807, 2.05) is 0 Å². The first kappa shape index (κ1) is 13.5. The minimum atomic E-state index is -0.413. The molecule has 0 bridgehead atoms. The number of anilines is 1. The average molecular weight is 247 g/mol. The Balaban J connectivity index is 2.51. The molecule has 0 saturated heterocycles. The Labute approximate surface area is 104 Å². The monoisotopic (exact) mass is 247 g/mol. The van der Waals surface area contributed by atoms with Crippen LogP contribution in [0.1, 0.15) is 17.3 Å². The molecule has 0 aliphatic carbocycles. The second kappa shape index (κ2) is 6.93. The van der Waals surface area contributed by atoms with Crippen LogP contribution >= 0.6 is 0 Å². The fraction of sp³-hybridized carbons (Fsp3) is 0.273. The van der Waals surface area contributed by atoms with Crippen molar-refractivity contribution in [1.82, 2.24) is 5.32 Å². The number of Topliss-reactive ketones (excluding diaryl/α,β-unsaturated/α-hetero) is 1. The Morgan fingerprint density at radius 3 is 2.89 bits per heavy atom. The number of hydrogen-bond acceptors (Lipinski definition) is 3. The van der Waals surface area contributed by atoms with Gasteiger partial charge in [0.25, 0.3) is 0 Å². The molecule has 1 rings (SSSR count). The third-order valence-electron chi connectivity index (χ3n) is 2.09. The van der Waals surface area contributed by atoms with Crippen molar-refractivity contribution in [3.8, 4) is 0 Å². The number of carbonyl (C=O) groups is 2. The summed E-state index contributed by atoms with van der Waals surface area (Å²) < 4.78 is 0. The van der Waals surface area contributed by atoms with E-state index >= 15 is 0 Å². The van der Waals surface area contributed by atoms with Crippen molar-refractivity contribution >= 4 is 17.5 Å². The van der Waals surface area contributed by atoms with Crippen LogP contribution in [0.4, 0.5) is 10.5 Å². The van der Waals surface area contributed by atoms with Gasteiger partial charge in [-0.05, 0) is 24.6 Å². The molecule has 18 heavy (non-hydrogen) atoms. The Morgan fingerprint density at radius 2 is 2.22 bits per heavy atom. The van der Waals surface area contributed by atoms with E-state index in [4.69, 9.17) is 5.53 Å². The molecule has 0 atom stereocenters. The summed E-state index contributed by atoms with van der Waals surface area (Å²) in [6.07, 6.45) is 0. The quantitative estimate of drug-likeness (QED) is 0.274. The average Bonchev–Trinajstić information content (AvgIpc) is 2.35. The van der Waals surface area contributed by atoms with Crippen molar-refractivity contribution in [2.45, 2.75) is 6.92 Å². The highest BCUT2D eigenvalue weighted by Crippen LogP contribution is 2.10. The van der Waals surface area contributed by atoms with Crippen LogP contribution in [0, 0.1) is 0 Å². The highest BCUT2D eigenvalue weighted by atomic mass is 16.2. The second-order valence-electron chi connectivity index (χ2n) is 3.47. The Hall–Kier alpha value is -2.53. The molecule has 2 N–H and O–H groups in total. The summed E-state index contributed by atoms with van der Waals surface area (Å²) in [5.74, 6) is -0.0672. The van der Waals surface area contributed by atoms with Gasteiger partial charge in [-0.1, -0.05) is 17.2 Å². The first-order chi connectivity index (χ1) is 8.63. The van der Waals surface area contributed by atoms with Crippen LogP contribution in [0.15, 0.2) is 29.4 Å². The number of urea groups is 1. The van der Waals surface area contributed by atoms with Gasteiger partial charge in [0, 0.05) is 29.3 Å². The van der Waals surface area contributed by atoms with Gasteiger partial charge in [0.1, 0.15) is 0 Å². The van der Waals surface area contributed by atoms with Gasteiger partial charge < -0.3 is 10.6 Å². The topological polar surface area (TPSA) is 107 Å². The summed E-state index contributed by atoms with van der Waals surface area (Å²) in [6, 6.07) is 6.22. The molecule has 0 spiro atoms. The van der Waals surface area contributed by atoms with Gasteiger partial charge in [0.2, 0.25) is 0 Å². The smallest absolute Gasteiger partial charge is 0.319 e. The first-order valence-corrected chi connectivity index (χ1v) is 5.30. The number of rotatable bonds is 5. The number of nitrogens with zero attached hydrogens (tertiary/aromatic N) is 3. The molecule has 2 amide bonds. The lowest BCUT2D eigenvalue weighted by Gasteiger charge is -2.07. The van der Waals surface area contributed by atoms with Gasteiger partial charge >= 0.3 is 6.03 Å². The molecule has 7 heteroatoms. The number of benzene rings is 1. The number of hydrogen-bond donors (Lipinski definition) is 2. The molecule has 0 aliphatic heterocycles. The minimum absolute atomic E-state index is 0.0672. The molecule has 0 saturated carbocycles.